The number of nitrogens with zero attached hydrogens (tertiary/aromatic N) is 1. The van der Waals surface area contributed by atoms with E-state index in [1.807, 2.05) is 24.3 Å². The summed E-state index contributed by atoms with van der Waals surface area (Å²) in [7, 11) is 0. The van der Waals surface area contributed by atoms with E-state index < -0.39 is 0 Å². The predicted octanol–water partition coefficient (Wildman–Crippen LogP) is 3.37. The van der Waals surface area contributed by atoms with E-state index in [9.17, 15) is 14.0 Å². The Bertz CT molecular complexity index is 1080. The van der Waals surface area contributed by atoms with Crippen LogP contribution in [0.3, 0.4) is 0 Å². The minimum Gasteiger partial charge on any atom is -0.356 e. The first-order valence-electron chi connectivity index (χ1n) is 8.75. The first-order valence-corrected chi connectivity index (χ1v) is 9.56. The summed E-state index contributed by atoms with van der Waals surface area (Å²) in [4.78, 5) is 27.7. The first kappa shape index (κ1) is 16.3. The van der Waals surface area contributed by atoms with Crippen molar-refractivity contribution in [2.24, 2.45) is 0 Å². The SMILES string of the molecule is O=C(NC1CC2C(=O)Nc3ccccc3N2C1)c1cc2cc(F)ccc2s1. The fourth-order valence-corrected chi connectivity index (χ4v) is 4.83. The van der Waals surface area contributed by atoms with Gasteiger partial charge in [-0.25, -0.2) is 4.39 Å². The van der Waals surface area contributed by atoms with Crippen LogP contribution in [0.5, 0.6) is 0 Å². The van der Waals surface area contributed by atoms with Gasteiger partial charge < -0.3 is 15.5 Å². The number of carbonyl (C=O) groups is 2. The molecule has 3 aromatic rings. The molecule has 7 heteroatoms. The van der Waals surface area contributed by atoms with Gasteiger partial charge in [-0.3, -0.25) is 9.59 Å². The lowest BCUT2D eigenvalue weighted by molar-refractivity contribution is -0.117. The number of hydrogen-bond acceptors (Lipinski definition) is 4. The van der Waals surface area contributed by atoms with Gasteiger partial charge in [0, 0.05) is 17.3 Å². The van der Waals surface area contributed by atoms with Crippen molar-refractivity contribution in [2.45, 2.75) is 18.5 Å². The van der Waals surface area contributed by atoms with Crippen LogP contribution in [0.25, 0.3) is 10.1 Å². The van der Waals surface area contributed by atoms with Gasteiger partial charge in [-0.1, -0.05) is 12.1 Å². The molecule has 0 saturated carbocycles. The minimum atomic E-state index is -0.315. The zero-order chi connectivity index (χ0) is 18.5. The van der Waals surface area contributed by atoms with Gasteiger partial charge >= 0.3 is 0 Å². The van der Waals surface area contributed by atoms with Crippen LogP contribution in [0.4, 0.5) is 15.8 Å². The first-order chi connectivity index (χ1) is 13.1. The highest BCUT2D eigenvalue weighted by atomic mass is 32.1. The van der Waals surface area contributed by atoms with E-state index in [2.05, 4.69) is 15.5 Å². The van der Waals surface area contributed by atoms with Crippen LogP contribution < -0.4 is 15.5 Å². The highest BCUT2D eigenvalue weighted by Crippen LogP contribution is 2.36. The molecule has 5 rings (SSSR count). The van der Waals surface area contributed by atoms with E-state index in [0.717, 1.165) is 21.5 Å². The fourth-order valence-electron chi connectivity index (χ4n) is 3.88. The number of benzene rings is 2. The maximum absolute atomic E-state index is 13.4. The van der Waals surface area contributed by atoms with E-state index in [4.69, 9.17) is 0 Å². The minimum absolute atomic E-state index is 0.0391. The molecule has 2 aromatic carbocycles. The molecule has 0 spiro atoms. The number of hydrogen-bond donors (Lipinski definition) is 2. The highest BCUT2D eigenvalue weighted by molar-refractivity contribution is 7.20. The maximum atomic E-state index is 13.4. The Balaban J connectivity index is 1.36. The Morgan fingerprint density at radius 3 is 2.96 bits per heavy atom. The molecule has 2 atom stereocenters. The summed E-state index contributed by atoms with van der Waals surface area (Å²) in [5.74, 6) is -0.539. The van der Waals surface area contributed by atoms with Crippen LogP contribution >= 0.6 is 11.3 Å². The molecule has 3 heterocycles. The van der Waals surface area contributed by atoms with Gasteiger partial charge in [0.05, 0.1) is 16.3 Å². The van der Waals surface area contributed by atoms with Gasteiger partial charge in [0.15, 0.2) is 0 Å². The molecule has 1 saturated heterocycles. The van der Waals surface area contributed by atoms with Gasteiger partial charge in [-0.2, -0.15) is 0 Å². The monoisotopic (exact) mass is 381 g/mol. The molecule has 136 valence electrons. The summed E-state index contributed by atoms with van der Waals surface area (Å²) < 4.78 is 14.2. The number of fused-ring (bicyclic) bond motifs is 4. The fraction of sp³-hybridized carbons (Fsp3) is 0.200. The van der Waals surface area contributed by atoms with Gasteiger partial charge in [0.2, 0.25) is 5.91 Å². The molecular weight excluding hydrogens is 365 g/mol. The smallest absolute Gasteiger partial charge is 0.261 e. The largest absolute Gasteiger partial charge is 0.356 e. The number of thiophene rings is 1. The highest BCUT2D eigenvalue weighted by Gasteiger charge is 2.41. The quantitative estimate of drug-likeness (QED) is 0.716. The lowest BCUT2D eigenvalue weighted by Gasteiger charge is -2.32. The lowest BCUT2D eigenvalue weighted by Crippen LogP contribution is -2.43. The van der Waals surface area contributed by atoms with Crippen LogP contribution in [-0.4, -0.2) is 30.4 Å². The lowest BCUT2D eigenvalue weighted by atomic mass is 10.1. The number of para-hydroxylation sites is 2. The van der Waals surface area contributed by atoms with Crippen molar-refractivity contribution in [2.75, 3.05) is 16.8 Å². The summed E-state index contributed by atoms with van der Waals surface area (Å²) in [6.07, 6.45) is 0.561. The Kier molecular flexibility index (Phi) is 3.65. The molecule has 2 amide bonds. The number of halogens is 1. The molecule has 1 fully saturated rings. The van der Waals surface area contributed by atoms with Crippen LogP contribution in [0.1, 0.15) is 16.1 Å². The Hall–Kier alpha value is -2.93. The number of anilines is 2. The number of rotatable bonds is 2. The molecule has 2 aliphatic rings. The third-order valence-corrected chi connectivity index (χ3v) is 6.23. The average Bonchev–Trinajstić information content (AvgIpc) is 3.26. The number of carbonyl (C=O) groups excluding carboxylic acids is 2. The van der Waals surface area contributed by atoms with Crippen molar-refractivity contribution >= 4 is 44.6 Å². The summed E-state index contributed by atoms with van der Waals surface area (Å²) in [5, 5.41) is 6.69. The van der Waals surface area contributed by atoms with E-state index in [-0.39, 0.29) is 29.7 Å². The molecular formula is C20H16FN3O2S. The Morgan fingerprint density at radius 1 is 1.22 bits per heavy atom. The van der Waals surface area contributed by atoms with Crippen LogP contribution in [0.15, 0.2) is 48.5 Å². The second kappa shape index (κ2) is 6.06. The standard InChI is InChI=1S/C20H16FN3O2S/c21-12-5-6-17-11(7-12)8-18(27-17)20(26)22-13-9-16-19(25)23-14-3-1-2-4-15(14)24(16)10-13/h1-8,13,16H,9-10H2,(H,22,26)(H,23,25). The summed E-state index contributed by atoms with van der Waals surface area (Å²) >= 11 is 1.34. The maximum Gasteiger partial charge on any atom is 0.261 e. The van der Waals surface area contributed by atoms with E-state index in [0.29, 0.717) is 17.8 Å². The summed E-state index contributed by atoms with van der Waals surface area (Å²) in [6, 6.07) is 13.5. The Morgan fingerprint density at radius 2 is 2.07 bits per heavy atom. The van der Waals surface area contributed by atoms with Gasteiger partial charge in [-0.15, -0.1) is 11.3 Å². The number of nitrogens with one attached hydrogen (secondary N) is 2. The predicted molar refractivity (Wildman–Crippen MR) is 104 cm³/mol. The molecule has 2 N–H and O–H groups in total. The van der Waals surface area contributed by atoms with Gasteiger partial charge in [-0.05, 0) is 48.2 Å². The van der Waals surface area contributed by atoms with Crippen molar-refractivity contribution in [3.8, 4) is 0 Å². The molecule has 27 heavy (non-hydrogen) atoms. The zero-order valence-corrected chi connectivity index (χ0v) is 15.1. The third kappa shape index (κ3) is 2.75. The molecule has 0 bridgehead atoms. The van der Waals surface area contributed by atoms with Gasteiger partial charge in [0.1, 0.15) is 11.9 Å². The third-order valence-electron chi connectivity index (χ3n) is 5.11. The molecule has 5 nitrogen and oxygen atoms in total. The zero-order valence-electron chi connectivity index (χ0n) is 14.2. The second-order valence-corrected chi connectivity index (χ2v) is 7.96. The topological polar surface area (TPSA) is 61.4 Å². The second-order valence-electron chi connectivity index (χ2n) is 6.87. The molecule has 2 unspecified atom stereocenters. The van der Waals surface area contributed by atoms with Crippen molar-refractivity contribution in [1.82, 2.24) is 5.32 Å². The van der Waals surface area contributed by atoms with E-state index >= 15 is 0 Å². The van der Waals surface area contributed by atoms with Crippen molar-refractivity contribution in [3.05, 3.63) is 59.2 Å². The summed E-state index contributed by atoms with van der Waals surface area (Å²) in [5.41, 5.74) is 1.79. The molecule has 2 aliphatic heterocycles. The Labute approximate surface area is 158 Å². The number of amides is 2. The van der Waals surface area contributed by atoms with E-state index in [1.165, 1.54) is 23.5 Å². The van der Waals surface area contributed by atoms with Crippen molar-refractivity contribution in [1.29, 1.82) is 0 Å². The van der Waals surface area contributed by atoms with Crippen molar-refractivity contribution in [3.63, 3.8) is 0 Å². The van der Waals surface area contributed by atoms with Crippen molar-refractivity contribution < 1.29 is 14.0 Å². The van der Waals surface area contributed by atoms with Crippen LogP contribution in [-0.2, 0) is 4.79 Å². The average molecular weight is 381 g/mol. The molecule has 0 radical (unpaired) electrons. The van der Waals surface area contributed by atoms with E-state index in [1.54, 1.807) is 12.1 Å². The normalized spacial score (nSPS) is 20.9. The van der Waals surface area contributed by atoms with Crippen LogP contribution in [0.2, 0.25) is 0 Å². The molecule has 0 aliphatic carbocycles. The van der Waals surface area contributed by atoms with Gasteiger partial charge in [0.25, 0.3) is 5.91 Å². The molecule has 1 aromatic heterocycles. The summed E-state index contributed by atoms with van der Waals surface area (Å²) in [6.45, 7) is 0.584. The van der Waals surface area contributed by atoms with Crippen LogP contribution in [0, 0.1) is 5.82 Å².